The number of ether oxygens (including phenoxy) is 1. The van der Waals surface area contributed by atoms with Gasteiger partial charge in [-0.05, 0) is 6.07 Å². The van der Waals surface area contributed by atoms with E-state index < -0.39 is 0 Å². The maximum Gasteiger partial charge on any atom is 0.129 e. The molecule has 0 saturated heterocycles. The smallest absolute Gasteiger partial charge is 0.129 e. The molecule has 1 aromatic rings. The lowest BCUT2D eigenvalue weighted by Crippen LogP contribution is -1.75. The lowest BCUT2D eigenvalue weighted by atomic mass is 10.5. The maximum atomic E-state index is 4.99. The van der Waals surface area contributed by atoms with E-state index >= 15 is 0 Å². The third kappa shape index (κ3) is 1.69. The van der Waals surface area contributed by atoms with E-state index in [2.05, 4.69) is 15.9 Å². The van der Waals surface area contributed by atoms with Crippen LogP contribution in [0.3, 0.4) is 0 Å². The quantitative estimate of drug-likeness (QED) is 0.677. The highest BCUT2D eigenvalue weighted by Crippen LogP contribution is 2.22. The SMILES string of the molecule is COc1csc(CBr)c1. The monoisotopic (exact) mass is 206 g/mol. The van der Waals surface area contributed by atoms with Crippen molar-refractivity contribution in [1.29, 1.82) is 0 Å². The van der Waals surface area contributed by atoms with Crippen LogP contribution < -0.4 is 4.74 Å². The zero-order valence-corrected chi connectivity index (χ0v) is 7.46. The van der Waals surface area contributed by atoms with Crippen LogP contribution in [0.5, 0.6) is 5.75 Å². The summed E-state index contributed by atoms with van der Waals surface area (Å²) < 4.78 is 4.99. The molecule has 50 valence electrons. The van der Waals surface area contributed by atoms with Crippen LogP contribution in [-0.4, -0.2) is 7.11 Å². The van der Waals surface area contributed by atoms with Gasteiger partial charge in [0, 0.05) is 15.6 Å². The molecule has 0 aromatic carbocycles. The molecular formula is C6H7BrOS. The summed E-state index contributed by atoms with van der Waals surface area (Å²) in [7, 11) is 1.68. The molecule has 1 rings (SSSR count). The number of methoxy groups -OCH3 is 1. The van der Waals surface area contributed by atoms with Gasteiger partial charge in [-0.15, -0.1) is 11.3 Å². The Hall–Kier alpha value is -0.0200. The van der Waals surface area contributed by atoms with E-state index in [0.717, 1.165) is 11.1 Å². The van der Waals surface area contributed by atoms with Crippen molar-refractivity contribution in [3.8, 4) is 5.75 Å². The van der Waals surface area contributed by atoms with E-state index in [9.17, 15) is 0 Å². The zero-order chi connectivity index (χ0) is 6.69. The third-order valence-electron chi connectivity index (χ3n) is 0.997. The first-order valence-electron chi connectivity index (χ1n) is 2.54. The van der Waals surface area contributed by atoms with Crippen LogP contribution in [0.2, 0.25) is 0 Å². The fraction of sp³-hybridized carbons (Fsp3) is 0.333. The highest BCUT2D eigenvalue weighted by atomic mass is 79.9. The van der Waals surface area contributed by atoms with Crippen LogP contribution in [0.25, 0.3) is 0 Å². The normalized spacial score (nSPS) is 9.56. The van der Waals surface area contributed by atoms with E-state index in [1.165, 1.54) is 4.88 Å². The highest BCUT2D eigenvalue weighted by molar-refractivity contribution is 9.08. The number of alkyl halides is 1. The molecule has 0 fully saturated rings. The molecule has 1 nitrogen and oxygen atoms in total. The maximum absolute atomic E-state index is 4.99. The predicted molar refractivity (Wildman–Crippen MR) is 43.5 cm³/mol. The average Bonchev–Trinajstić information content (AvgIpc) is 2.34. The first kappa shape index (κ1) is 7.09. The van der Waals surface area contributed by atoms with Crippen LogP contribution in [0.4, 0.5) is 0 Å². The van der Waals surface area contributed by atoms with Crippen molar-refractivity contribution >= 4 is 27.3 Å². The number of hydrogen-bond donors (Lipinski definition) is 0. The minimum Gasteiger partial charge on any atom is -0.496 e. The molecule has 0 amide bonds. The van der Waals surface area contributed by atoms with Gasteiger partial charge >= 0.3 is 0 Å². The van der Waals surface area contributed by atoms with Crippen LogP contribution in [0.15, 0.2) is 11.4 Å². The summed E-state index contributed by atoms with van der Waals surface area (Å²) in [5.41, 5.74) is 0. The molecule has 3 heteroatoms. The Labute approximate surface area is 66.8 Å². The fourth-order valence-electron chi connectivity index (χ4n) is 0.538. The Kier molecular flexibility index (Phi) is 2.54. The zero-order valence-electron chi connectivity index (χ0n) is 5.06. The van der Waals surface area contributed by atoms with Crippen molar-refractivity contribution in [3.05, 3.63) is 16.3 Å². The molecule has 0 atom stereocenters. The topological polar surface area (TPSA) is 9.23 Å². The summed E-state index contributed by atoms with van der Waals surface area (Å²) in [6.07, 6.45) is 0. The molecule has 0 aliphatic carbocycles. The third-order valence-corrected chi connectivity index (χ3v) is 2.89. The summed E-state index contributed by atoms with van der Waals surface area (Å²) in [5, 5.41) is 2.91. The highest BCUT2D eigenvalue weighted by Gasteiger charge is 1.95. The number of rotatable bonds is 2. The van der Waals surface area contributed by atoms with Gasteiger partial charge in [0.15, 0.2) is 0 Å². The standard InChI is InChI=1S/C6H7BrOS/c1-8-5-2-6(3-7)9-4-5/h2,4H,3H2,1H3. The molecule has 0 aliphatic heterocycles. The van der Waals surface area contributed by atoms with Gasteiger partial charge in [0.25, 0.3) is 0 Å². The van der Waals surface area contributed by atoms with Crippen LogP contribution in [0, 0.1) is 0 Å². The van der Waals surface area contributed by atoms with Gasteiger partial charge in [0.2, 0.25) is 0 Å². The Balaban J connectivity index is 2.74. The molecule has 0 N–H and O–H groups in total. The largest absolute Gasteiger partial charge is 0.496 e. The summed E-state index contributed by atoms with van der Waals surface area (Å²) in [6.45, 7) is 0. The van der Waals surface area contributed by atoms with Crippen molar-refractivity contribution in [2.45, 2.75) is 5.33 Å². The van der Waals surface area contributed by atoms with Crippen LogP contribution in [-0.2, 0) is 5.33 Å². The van der Waals surface area contributed by atoms with Gasteiger partial charge in [-0.1, -0.05) is 15.9 Å². The van der Waals surface area contributed by atoms with Crippen molar-refractivity contribution in [1.82, 2.24) is 0 Å². The molecule has 9 heavy (non-hydrogen) atoms. The van der Waals surface area contributed by atoms with Gasteiger partial charge in [0.05, 0.1) is 7.11 Å². The van der Waals surface area contributed by atoms with Gasteiger partial charge in [-0.25, -0.2) is 0 Å². The van der Waals surface area contributed by atoms with Crippen molar-refractivity contribution < 1.29 is 4.74 Å². The second-order valence-electron chi connectivity index (χ2n) is 1.59. The van der Waals surface area contributed by atoms with Gasteiger partial charge in [-0.3, -0.25) is 0 Å². The van der Waals surface area contributed by atoms with E-state index in [4.69, 9.17) is 4.74 Å². The molecule has 0 spiro atoms. The van der Waals surface area contributed by atoms with Crippen molar-refractivity contribution in [2.24, 2.45) is 0 Å². The van der Waals surface area contributed by atoms with E-state index in [1.54, 1.807) is 18.4 Å². The molecule has 0 saturated carbocycles. The first-order valence-corrected chi connectivity index (χ1v) is 4.54. The minimum absolute atomic E-state index is 0.918. The lowest BCUT2D eigenvalue weighted by molar-refractivity contribution is 0.416. The molecule has 0 bridgehead atoms. The Morgan fingerprint density at radius 2 is 2.56 bits per heavy atom. The molecule has 0 radical (unpaired) electrons. The number of halogens is 1. The van der Waals surface area contributed by atoms with Crippen molar-refractivity contribution in [3.63, 3.8) is 0 Å². The lowest BCUT2D eigenvalue weighted by Gasteiger charge is -1.88. The van der Waals surface area contributed by atoms with Gasteiger partial charge in [0.1, 0.15) is 5.75 Å². The van der Waals surface area contributed by atoms with Crippen molar-refractivity contribution in [2.75, 3.05) is 7.11 Å². The number of thiophene rings is 1. The molecular weight excluding hydrogens is 200 g/mol. The number of hydrogen-bond acceptors (Lipinski definition) is 2. The van der Waals surface area contributed by atoms with Gasteiger partial charge in [-0.2, -0.15) is 0 Å². The summed E-state index contributed by atoms with van der Waals surface area (Å²) in [5.74, 6) is 0.953. The molecule has 1 heterocycles. The Morgan fingerprint density at radius 3 is 2.89 bits per heavy atom. The second-order valence-corrected chi connectivity index (χ2v) is 3.14. The summed E-state index contributed by atoms with van der Waals surface area (Å²) in [6, 6.07) is 2.03. The molecule has 1 aromatic heterocycles. The van der Waals surface area contributed by atoms with E-state index in [-0.39, 0.29) is 0 Å². The van der Waals surface area contributed by atoms with E-state index in [1.807, 2.05) is 11.4 Å². The predicted octanol–water partition coefficient (Wildman–Crippen LogP) is 2.65. The average molecular weight is 207 g/mol. The van der Waals surface area contributed by atoms with E-state index in [0.29, 0.717) is 0 Å². The first-order chi connectivity index (χ1) is 4.36. The summed E-state index contributed by atoms with van der Waals surface area (Å²) >= 11 is 5.06. The summed E-state index contributed by atoms with van der Waals surface area (Å²) in [4.78, 5) is 1.30. The minimum atomic E-state index is 0.918. The Bertz CT molecular complexity index is 166. The Morgan fingerprint density at radius 1 is 1.78 bits per heavy atom. The fourth-order valence-corrected chi connectivity index (χ4v) is 1.77. The van der Waals surface area contributed by atoms with Crippen LogP contribution in [0.1, 0.15) is 4.88 Å². The second kappa shape index (κ2) is 3.22. The van der Waals surface area contributed by atoms with Crippen LogP contribution >= 0.6 is 27.3 Å². The molecule has 0 aliphatic rings. The van der Waals surface area contributed by atoms with Gasteiger partial charge < -0.3 is 4.74 Å². The molecule has 0 unspecified atom stereocenters.